The summed E-state index contributed by atoms with van der Waals surface area (Å²) in [5.74, 6) is -2.22. The lowest BCUT2D eigenvalue weighted by molar-refractivity contribution is -0.121. The van der Waals surface area contributed by atoms with E-state index in [4.69, 9.17) is 16.7 Å². The highest BCUT2D eigenvalue weighted by molar-refractivity contribution is 6.30. The van der Waals surface area contributed by atoms with Crippen LogP contribution in [0.3, 0.4) is 0 Å². The molecule has 2 amide bonds. The third-order valence-corrected chi connectivity index (χ3v) is 3.88. The van der Waals surface area contributed by atoms with Crippen molar-refractivity contribution in [1.29, 1.82) is 0 Å². The monoisotopic (exact) mass is 400 g/mol. The number of hydrogen-bond donors (Lipinski definition) is 3. The molecule has 0 saturated carbocycles. The number of carbonyl (C=O) groups excluding carboxylic acids is 3. The van der Waals surface area contributed by atoms with E-state index in [1.54, 1.807) is 18.2 Å². The smallest absolute Gasteiger partial charge is 0.335 e. The Morgan fingerprint density at radius 3 is 2.36 bits per heavy atom. The number of nitrogens with one attached hydrogen (secondary N) is 2. The van der Waals surface area contributed by atoms with Crippen molar-refractivity contribution in [3.05, 3.63) is 70.3 Å². The zero-order valence-electron chi connectivity index (χ0n) is 14.9. The van der Waals surface area contributed by atoms with Gasteiger partial charge in [0.05, 0.1) is 12.1 Å². The Balaban J connectivity index is 1.91. The summed E-state index contributed by atoms with van der Waals surface area (Å²) in [5, 5.41) is 14.2. The Morgan fingerprint density at radius 1 is 1.07 bits per heavy atom. The third-order valence-electron chi connectivity index (χ3n) is 3.65. The minimum Gasteiger partial charge on any atom is -0.478 e. The summed E-state index contributed by atoms with van der Waals surface area (Å²) in [7, 11) is 0. The van der Waals surface area contributed by atoms with Crippen LogP contribution < -0.4 is 10.6 Å². The lowest BCUT2D eigenvalue weighted by Crippen LogP contribution is -2.31. The fraction of sp³-hybridized carbons (Fsp3) is 0.100. The van der Waals surface area contributed by atoms with Crippen LogP contribution >= 0.6 is 11.6 Å². The Morgan fingerprint density at radius 2 is 1.75 bits per heavy atom. The highest BCUT2D eigenvalue weighted by Crippen LogP contribution is 2.18. The predicted molar refractivity (Wildman–Crippen MR) is 106 cm³/mol. The van der Waals surface area contributed by atoms with Crippen LogP contribution in [0.1, 0.15) is 33.2 Å². The average molecular weight is 401 g/mol. The predicted octanol–water partition coefficient (Wildman–Crippen LogP) is 3.01. The number of carbonyl (C=O) groups is 4. The Hall–Kier alpha value is -3.45. The van der Waals surface area contributed by atoms with Gasteiger partial charge in [-0.3, -0.25) is 14.4 Å². The SMILES string of the molecule is CC(=O)c1ccc(Cl)cc1/C=C/C(=O)NCC(=O)Nc1ccc(C(=O)O)cc1. The van der Waals surface area contributed by atoms with Crippen LogP contribution in [0.25, 0.3) is 6.08 Å². The molecule has 0 aliphatic carbocycles. The standard InChI is InChI=1S/C20H17ClN2O5/c1-12(24)17-8-5-15(21)10-14(17)4-9-18(25)22-11-19(26)23-16-6-2-13(3-7-16)20(27)28/h2-10H,11H2,1H3,(H,22,25)(H,23,26)(H,27,28)/b9-4+. The molecule has 0 fully saturated rings. The zero-order valence-corrected chi connectivity index (χ0v) is 15.6. The molecule has 8 heteroatoms. The molecular formula is C20H17ClN2O5. The van der Waals surface area contributed by atoms with E-state index in [-0.39, 0.29) is 17.9 Å². The van der Waals surface area contributed by atoms with Crippen molar-refractivity contribution in [3.8, 4) is 0 Å². The second-order valence-electron chi connectivity index (χ2n) is 5.77. The molecule has 0 aliphatic rings. The first-order valence-electron chi connectivity index (χ1n) is 8.16. The van der Waals surface area contributed by atoms with Gasteiger partial charge in [-0.1, -0.05) is 11.6 Å². The van der Waals surface area contributed by atoms with Gasteiger partial charge in [0.1, 0.15) is 0 Å². The summed E-state index contributed by atoms with van der Waals surface area (Å²) in [4.78, 5) is 46.2. The highest BCUT2D eigenvalue weighted by Gasteiger charge is 2.08. The summed E-state index contributed by atoms with van der Waals surface area (Å²) in [6.07, 6.45) is 2.65. The van der Waals surface area contributed by atoms with Gasteiger partial charge < -0.3 is 15.7 Å². The molecule has 0 unspecified atom stereocenters. The fourth-order valence-electron chi connectivity index (χ4n) is 2.29. The molecule has 2 rings (SSSR count). The molecule has 0 saturated heterocycles. The van der Waals surface area contributed by atoms with E-state index in [0.29, 0.717) is 21.8 Å². The topological polar surface area (TPSA) is 113 Å². The first-order chi connectivity index (χ1) is 13.3. The molecule has 0 spiro atoms. The van der Waals surface area contributed by atoms with Gasteiger partial charge in [-0.05, 0) is 61.0 Å². The van der Waals surface area contributed by atoms with Gasteiger partial charge >= 0.3 is 5.97 Å². The Kier molecular flexibility index (Phi) is 7.06. The minimum absolute atomic E-state index is 0.0994. The largest absolute Gasteiger partial charge is 0.478 e. The van der Waals surface area contributed by atoms with Crippen molar-refractivity contribution in [3.63, 3.8) is 0 Å². The van der Waals surface area contributed by atoms with Crippen LogP contribution in [-0.2, 0) is 9.59 Å². The first kappa shape index (κ1) is 20.9. The van der Waals surface area contributed by atoms with E-state index in [1.165, 1.54) is 43.3 Å². The summed E-state index contributed by atoms with van der Waals surface area (Å²) < 4.78 is 0. The highest BCUT2D eigenvalue weighted by atomic mass is 35.5. The van der Waals surface area contributed by atoms with Crippen LogP contribution in [0.15, 0.2) is 48.5 Å². The van der Waals surface area contributed by atoms with E-state index in [0.717, 1.165) is 0 Å². The number of benzene rings is 2. The minimum atomic E-state index is -1.07. The van der Waals surface area contributed by atoms with Gasteiger partial charge in [0.15, 0.2) is 5.78 Å². The molecular weight excluding hydrogens is 384 g/mol. The summed E-state index contributed by atoms with van der Waals surface area (Å²) in [6, 6.07) is 10.3. The molecule has 7 nitrogen and oxygen atoms in total. The zero-order chi connectivity index (χ0) is 20.7. The van der Waals surface area contributed by atoms with Gasteiger partial charge in [0.2, 0.25) is 11.8 Å². The van der Waals surface area contributed by atoms with Gasteiger partial charge in [0.25, 0.3) is 0 Å². The third kappa shape index (κ3) is 6.07. The number of hydrogen-bond acceptors (Lipinski definition) is 4. The van der Waals surface area contributed by atoms with Crippen molar-refractivity contribution < 1.29 is 24.3 Å². The molecule has 28 heavy (non-hydrogen) atoms. The van der Waals surface area contributed by atoms with Crippen LogP contribution in [0.4, 0.5) is 5.69 Å². The van der Waals surface area contributed by atoms with Crippen molar-refractivity contribution in [1.82, 2.24) is 5.32 Å². The number of amides is 2. The summed E-state index contributed by atoms with van der Waals surface area (Å²) in [5.41, 5.74) is 1.43. The number of halogens is 1. The number of ketones is 1. The van der Waals surface area contributed by atoms with Crippen molar-refractivity contribution in [2.24, 2.45) is 0 Å². The van der Waals surface area contributed by atoms with Gasteiger partial charge in [-0.2, -0.15) is 0 Å². The number of aromatic carboxylic acids is 1. The van der Waals surface area contributed by atoms with Crippen molar-refractivity contribution in [2.75, 3.05) is 11.9 Å². The molecule has 3 N–H and O–H groups in total. The summed E-state index contributed by atoms with van der Waals surface area (Å²) in [6.45, 7) is 1.13. The molecule has 0 heterocycles. The quantitative estimate of drug-likeness (QED) is 0.488. The molecule has 2 aromatic rings. The van der Waals surface area contributed by atoms with Crippen molar-refractivity contribution >= 4 is 46.9 Å². The van der Waals surface area contributed by atoms with Gasteiger partial charge in [0, 0.05) is 22.3 Å². The maximum Gasteiger partial charge on any atom is 0.335 e. The first-order valence-corrected chi connectivity index (χ1v) is 8.53. The van der Waals surface area contributed by atoms with Crippen LogP contribution in [0.2, 0.25) is 5.02 Å². The molecule has 0 atom stereocenters. The van der Waals surface area contributed by atoms with E-state index in [1.807, 2.05) is 0 Å². The lowest BCUT2D eigenvalue weighted by Gasteiger charge is -2.06. The van der Waals surface area contributed by atoms with Crippen LogP contribution in [-0.4, -0.2) is 35.2 Å². The Labute approximate surface area is 166 Å². The molecule has 2 aromatic carbocycles. The second kappa shape index (κ2) is 9.48. The molecule has 0 bridgehead atoms. The maximum atomic E-state index is 11.9. The van der Waals surface area contributed by atoms with E-state index in [2.05, 4.69) is 10.6 Å². The van der Waals surface area contributed by atoms with Crippen LogP contribution in [0, 0.1) is 0 Å². The number of carboxylic acids is 1. The number of carboxylic acid groups (broad SMARTS) is 1. The van der Waals surface area contributed by atoms with Gasteiger partial charge in [-0.25, -0.2) is 4.79 Å². The van der Waals surface area contributed by atoms with Gasteiger partial charge in [-0.15, -0.1) is 0 Å². The van der Waals surface area contributed by atoms with Crippen molar-refractivity contribution in [2.45, 2.75) is 6.92 Å². The van der Waals surface area contributed by atoms with E-state index in [9.17, 15) is 19.2 Å². The second-order valence-corrected chi connectivity index (χ2v) is 6.21. The molecule has 0 radical (unpaired) electrons. The summed E-state index contributed by atoms with van der Waals surface area (Å²) >= 11 is 5.91. The lowest BCUT2D eigenvalue weighted by atomic mass is 10.0. The Bertz CT molecular complexity index is 952. The normalized spacial score (nSPS) is 10.5. The number of rotatable bonds is 7. The average Bonchev–Trinajstić information content (AvgIpc) is 2.65. The van der Waals surface area contributed by atoms with Crippen LogP contribution in [0.5, 0.6) is 0 Å². The maximum absolute atomic E-state index is 11.9. The molecule has 0 aromatic heterocycles. The molecule has 144 valence electrons. The number of Topliss-reactive ketones (excluding diaryl/α,β-unsaturated/α-hetero) is 1. The van der Waals surface area contributed by atoms with E-state index < -0.39 is 17.8 Å². The molecule has 0 aliphatic heterocycles. The van der Waals surface area contributed by atoms with E-state index >= 15 is 0 Å². The fourth-order valence-corrected chi connectivity index (χ4v) is 2.47. The number of anilines is 1.